The number of fused-ring (bicyclic) bond motifs is 1. The minimum absolute atomic E-state index is 0.297. The Balaban J connectivity index is 1.34. The zero-order valence-corrected chi connectivity index (χ0v) is 16.9. The molecule has 1 unspecified atom stereocenters. The number of thiazole rings is 1. The third-order valence-corrected chi connectivity index (χ3v) is 5.81. The SMILES string of the molecule is CC(NC(=O)c1ccoc1)C(=O)Nc1nc2c(s1)CN(Cc1ccccc1)CC2. The standard InChI is InChI=1S/C21H22N4O3S/c1-14(22-20(27)16-8-10-28-13-16)19(26)24-21-23-17-7-9-25(12-18(17)29-21)11-15-5-3-2-4-6-15/h2-6,8,10,13-14H,7,9,11-12H2,1H3,(H,22,27)(H,23,24,26). The molecule has 0 radical (unpaired) electrons. The van der Waals surface area contributed by atoms with Crippen molar-refractivity contribution in [1.82, 2.24) is 15.2 Å². The maximum Gasteiger partial charge on any atom is 0.255 e. The van der Waals surface area contributed by atoms with Gasteiger partial charge in [0.1, 0.15) is 12.3 Å². The lowest BCUT2D eigenvalue weighted by molar-refractivity contribution is -0.117. The molecular formula is C21H22N4O3S. The number of anilines is 1. The van der Waals surface area contributed by atoms with E-state index in [-0.39, 0.29) is 11.8 Å². The number of carbonyl (C=O) groups excluding carboxylic acids is 2. The molecule has 7 nitrogen and oxygen atoms in total. The predicted molar refractivity (Wildman–Crippen MR) is 111 cm³/mol. The fourth-order valence-corrected chi connectivity index (χ4v) is 4.28. The second-order valence-electron chi connectivity index (χ2n) is 7.03. The highest BCUT2D eigenvalue weighted by atomic mass is 32.1. The molecular weight excluding hydrogens is 388 g/mol. The van der Waals surface area contributed by atoms with Gasteiger partial charge in [-0.1, -0.05) is 30.3 Å². The van der Waals surface area contributed by atoms with E-state index in [9.17, 15) is 9.59 Å². The van der Waals surface area contributed by atoms with Gasteiger partial charge in [0.25, 0.3) is 5.91 Å². The van der Waals surface area contributed by atoms with Crippen molar-refractivity contribution in [3.8, 4) is 0 Å². The van der Waals surface area contributed by atoms with Gasteiger partial charge in [0.2, 0.25) is 5.91 Å². The Bertz CT molecular complexity index is 985. The minimum Gasteiger partial charge on any atom is -0.472 e. The van der Waals surface area contributed by atoms with Gasteiger partial charge in [0, 0.05) is 30.9 Å². The first-order valence-corrected chi connectivity index (χ1v) is 10.3. The van der Waals surface area contributed by atoms with Crippen molar-refractivity contribution in [3.63, 3.8) is 0 Å². The van der Waals surface area contributed by atoms with Gasteiger partial charge in [-0.15, -0.1) is 11.3 Å². The fourth-order valence-electron chi connectivity index (χ4n) is 3.23. The summed E-state index contributed by atoms with van der Waals surface area (Å²) < 4.78 is 4.89. The lowest BCUT2D eigenvalue weighted by Gasteiger charge is -2.25. The van der Waals surface area contributed by atoms with Gasteiger partial charge < -0.3 is 15.1 Å². The van der Waals surface area contributed by atoms with Crippen LogP contribution in [0.25, 0.3) is 0 Å². The Morgan fingerprint density at radius 3 is 2.86 bits per heavy atom. The van der Waals surface area contributed by atoms with E-state index in [2.05, 4.69) is 44.8 Å². The van der Waals surface area contributed by atoms with Crippen LogP contribution in [0.2, 0.25) is 0 Å². The minimum atomic E-state index is -0.687. The molecule has 150 valence electrons. The normalized spacial score (nSPS) is 14.8. The first-order valence-electron chi connectivity index (χ1n) is 9.47. The van der Waals surface area contributed by atoms with Crippen LogP contribution in [0.15, 0.2) is 53.3 Å². The number of rotatable bonds is 6. The van der Waals surface area contributed by atoms with E-state index >= 15 is 0 Å². The third-order valence-electron chi connectivity index (χ3n) is 4.81. The number of carbonyl (C=O) groups is 2. The topological polar surface area (TPSA) is 87.5 Å². The molecule has 1 atom stereocenters. The highest BCUT2D eigenvalue weighted by Crippen LogP contribution is 2.29. The Morgan fingerprint density at radius 1 is 1.28 bits per heavy atom. The van der Waals surface area contributed by atoms with E-state index in [0.717, 1.165) is 31.7 Å². The summed E-state index contributed by atoms with van der Waals surface area (Å²) in [7, 11) is 0. The average Bonchev–Trinajstić information content (AvgIpc) is 3.38. The first kappa shape index (κ1) is 19.4. The van der Waals surface area contributed by atoms with Crippen LogP contribution in [0.4, 0.5) is 5.13 Å². The molecule has 1 aliphatic heterocycles. The molecule has 0 saturated carbocycles. The number of furan rings is 1. The molecule has 4 rings (SSSR count). The van der Waals surface area contributed by atoms with Gasteiger partial charge in [-0.2, -0.15) is 0 Å². The van der Waals surface area contributed by atoms with Crippen LogP contribution in [-0.4, -0.2) is 34.3 Å². The van der Waals surface area contributed by atoms with Crippen LogP contribution in [0.5, 0.6) is 0 Å². The van der Waals surface area contributed by atoms with Crippen LogP contribution in [-0.2, 0) is 24.3 Å². The second kappa shape index (κ2) is 8.59. The van der Waals surface area contributed by atoms with Crippen LogP contribution in [0, 0.1) is 0 Å². The molecule has 2 N–H and O–H groups in total. The van der Waals surface area contributed by atoms with Gasteiger partial charge in [-0.05, 0) is 18.6 Å². The molecule has 2 amide bonds. The average molecular weight is 410 g/mol. The summed E-state index contributed by atoms with van der Waals surface area (Å²) in [5, 5.41) is 6.06. The second-order valence-corrected chi connectivity index (χ2v) is 8.12. The predicted octanol–water partition coefficient (Wildman–Crippen LogP) is 3.05. The largest absolute Gasteiger partial charge is 0.472 e. The fraction of sp³-hybridized carbons (Fsp3) is 0.286. The molecule has 3 aromatic rings. The van der Waals surface area contributed by atoms with Crippen molar-refractivity contribution in [2.45, 2.75) is 32.5 Å². The van der Waals surface area contributed by atoms with E-state index in [1.54, 1.807) is 13.0 Å². The summed E-state index contributed by atoms with van der Waals surface area (Å²) in [5.74, 6) is -0.648. The van der Waals surface area contributed by atoms with Crippen molar-refractivity contribution < 1.29 is 14.0 Å². The van der Waals surface area contributed by atoms with Gasteiger partial charge >= 0.3 is 0 Å². The molecule has 0 spiro atoms. The lowest BCUT2D eigenvalue weighted by atomic mass is 10.1. The summed E-state index contributed by atoms with van der Waals surface area (Å²) in [4.78, 5) is 32.6. The number of nitrogens with zero attached hydrogens (tertiary/aromatic N) is 2. The number of amides is 2. The molecule has 0 saturated heterocycles. The van der Waals surface area contributed by atoms with Crippen LogP contribution < -0.4 is 10.6 Å². The van der Waals surface area contributed by atoms with Gasteiger partial charge in [-0.25, -0.2) is 4.98 Å². The van der Waals surface area contributed by atoms with Crippen LogP contribution in [0.1, 0.15) is 33.4 Å². The number of hydrogen-bond donors (Lipinski definition) is 2. The molecule has 8 heteroatoms. The summed E-state index contributed by atoms with van der Waals surface area (Å²) in [6.07, 6.45) is 3.62. The van der Waals surface area contributed by atoms with E-state index in [4.69, 9.17) is 4.42 Å². The summed E-state index contributed by atoms with van der Waals surface area (Å²) in [6.45, 7) is 4.31. The Labute approximate surface area is 172 Å². The smallest absolute Gasteiger partial charge is 0.255 e. The van der Waals surface area contributed by atoms with E-state index in [1.165, 1.54) is 34.3 Å². The lowest BCUT2D eigenvalue weighted by Crippen LogP contribution is -2.41. The summed E-state index contributed by atoms with van der Waals surface area (Å²) in [6, 6.07) is 11.3. The van der Waals surface area contributed by atoms with Crippen molar-refractivity contribution in [2.24, 2.45) is 0 Å². The molecule has 0 bridgehead atoms. The van der Waals surface area contributed by atoms with E-state index < -0.39 is 6.04 Å². The van der Waals surface area contributed by atoms with Gasteiger partial charge in [0.05, 0.1) is 17.5 Å². The highest BCUT2D eigenvalue weighted by Gasteiger charge is 2.23. The van der Waals surface area contributed by atoms with Crippen molar-refractivity contribution >= 4 is 28.3 Å². The highest BCUT2D eigenvalue weighted by molar-refractivity contribution is 7.15. The number of nitrogens with one attached hydrogen (secondary N) is 2. The maximum absolute atomic E-state index is 12.4. The van der Waals surface area contributed by atoms with E-state index in [1.807, 2.05) is 6.07 Å². The Morgan fingerprint density at radius 2 is 2.10 bits per heavy atom. The maximum atomic E-state index is 12.4. The zero-order chi connectivity index (χ0) is 20.2. The van der Waals surface area contributed by atoms with Crippen molar-refractivity contribution in [3.05, 3.63) is 70.6 Å². The Hall–Kier alpha value is -2.97. The van der Waals surface area contributed by atoms with Crippen molar-refractivity contribution in [2.75, 3.05) is 11.9 Å². The molecule has 29 heavy (non-hydrogen) atoms. The molecule has 1 aromatic carbocycles. The van der Waals surface area contributed by atoms with E-state index in [0.29, 0.717) is 10.7 Å². The van der Waals surface area contributed by atoms with Gasteiger partial charge in [0.15, 0.2) is 5.13 Å². The van der Waals surface area contributed by atoms with Crippen molar-refractivity contribution in [1.29, 1.82) is 0 Å². The molecule has 1 aliphatic rings. The number of aromatic nitrogens is 1. The van der Waals surface area contributed by atoms with Gasteiger partial charge in [-0.3, -0.25) is 14.5 Å². The summed E-state index contributed by atoms with van der Waals surface area (Å²) >= 11 is 1.50. The Kier molecular flexibility index (Phi) is 5.73. The summed E-state index contributed by atoms with van der Waals surface area (Å²) in [5.41, 5.74) is 2.72. The number of hydrogen-bond acceptors (Lipinski definition) is 6. The quantitative estimate of drug-likeness (QED) is 0.652. The number of benzene rings is 1. The molecule has 3 heterocycles. The molecule has 0 fully saturated rings. The third kappa shape index (κ3) is 4.72. The monoisotopic (exact) mass is 410 g/mol. The first-order chi connectivity index (χ1) is 14.1. The van der Waals surface area contributed by atoms with Crippen LogP contribution >= 0.6 is 11.3 Å². The zero-order valence-electron chi connectivity index (χ0n) is 16.1. The van der Waals surface area contributed by atoms with Crippen LogP contribution in [0.3, 0.4) is 0 Å². The molecule has 0 aliphatic carbocycles. The molecule has 2 aromatic heterocycles.